The average Bonchev–Trinajstić information content (AvgIpc) is 2.97. The first-order chi connectivity index (χ1) is 7.07. The summed E-state index contributed by atoms with van der Waals surface area (Å²) >= 11 is 0. The van der Waals surface area contributed by atoms with Crippen LogP contribution >= 0.6 is 0 Å². The van der Waals surface area contributed by atoms with Gasteiger partial charge in [-0.15, -0.1) is 0 Å². The summed E-state index contributed by atoms with van der Waals surface area (Å²) < 4.78 is 5.73. The van der Waals surface area contributed by atoms with Crippen LogP contribution in [0.4, 0.5) is 0 Å². The van der Waals surface area contributed by atoms with Crippen LogP contribution in [0.15, 0.2) is 24.3 Å². The Labute approximate surface area is 90.9 Å². The molecule has 0 unspecified atom stereocenters. The number of hydrogen-bond donors (Lipinski definition) is 1. The number of para-hydroxylation sites is 1. The molecular formula is C13H18O2. The third-order valence-electron chi connectivity index (χ3n) is 2.72. The number of hydrogen-bond acceptors (Lipinski definition) is 2. The molecule has 0 aromatic heterocycles. The van der Waals surface area contributed by atoms with Crippen LogP contribution in [0, 0.1) is 5.92 Å². The zero-order valence-electron chi connectivity index (χ0n) is 9.36. The highest BCUT2D eigenvalue weighted by molar-refractivity contribution is 5.37. The van der Waals surface area contributed by atoms with Crippen molar-refractivity contribution in [2.45, 2.75) is 32.3 Å². The van der Waals surface area contributed by atoms with Gasteiger partial charge in [-0.2, -0.15) is 0 Å². The van der Waals surface area contributed by atoms with E-state index in [4.69, 9.17) is 4.74 Å². The molecule has 0 aliphatic heterocycles. The summed E-state index contributed by atoms with van der Waals surface area (Å²) in [5.41, 5.74) is 0.0332. The van der Waals surface area contributed by atoms with Gasteiger partial charge in [-0.3, -0.25) is 0 Å². The highest BCUT2D eigenvalue weighted by Crippen LogP contribution is 2.33. The maximum Gasteiger partial charge on any atom is 0.125 e. The zero-order valence-corrected chi connectivity index (χ0v) is 9.36. The van der Waals surface area contributed by atoms with Crippen LogP contribution in [0.3, 0.4) is 0 Å². The Morgan fingerprint density at radius 1 is 1.33 bits per heavy atom. The molecular weight excluding hydrogens is 188 g/mol. The van der Waals surface area contributed by atoms with Gasteiger partial charge in [0.15, 0.2) is 0 Å². The van der Waals surface area contributed by atoms with Crippen molar-refractivity contribution in [2.24, 2.45) is 5.92 Å². The summed E-state index contributed by atoms with van der Waals surface area (Å²) in [5, 5.41) is 9.97. The second-order valence-corrected chi connectivity index (χ2v) is 4.81. The smallest absolute Gasteiger partial charge is 0.125 e. The van der Waals surface area contributed by atoms with Crippen LogP contribution in [0.2, 0.25) is 0 Å². The number of aliphatic hydroxyl groups is 1. The molecule has 15 heavy (non-hydrogen) atoms. The third kappa shape index (κ3) is 2.72. The van der Waals surface area contributed by atoms with E-state index in [0.29, 0.717) is 0 Å². The second kappa shape index (κ2) is 3.86. The predicted molar refractivity (Wildman–Crippen MR) is 59.9 cm³/mol. The van der Waals surface area contributed by atoms with Crippen molar-refractivity contribution < 1.29 is 9.84 Å². The van der Waals surface area contributed by atoms with Gasteiger partial charge in [0.2, 0.25) is 0 Å². The van der Waals surface area contributed by atoms with Crippen molar-refractivity contribution in [3.8, 4) is 5.75 Å². The minimum Gasteiger partial charge on any atom is -0.493 e. The number of ether oxygens (including phenoxy) is 1. The SMILES string of the molecule is CC(C)(O)c1ccccc1OCC1CC1. The van der Waals surface area contributed by atoms with Crippen LogP contribution in [-0.4, -0.2) is 11.7 Å². The lowest BCUT2D eigenvalue weighted by Gasteiger charge is -2.21. The molecule has 1 fully saturated rings. The molecule has 82 valence electrons. The Morgan fingerprint density at radius 3 is 2.60 bits per heavy atom. The Kier molecular flexibility index (Phi) is 2.70. The van der Waals surface area contributed by atoms with Crippen molar-refractivity contribution >= 4 is 0 Å². The highest BCUT2D eigenvalue weighted by Gasteiger charge is 2.24. The summed E-state index contributed by atoms with van der Waals surface area (Å²) in [7, 11) is 0. The van der Waals surface area contributed by atoms with Gasteiger partial charge in [-0.1, -0.05) is 18.2 Å². The molecule has 1 aromatic carbocycles. The van der Waals surface area contributed by atoms with Gasteiger partial charge in [0.05, 0.1) is 12.2 Å². The van der Waals surface area contributed by atoms with E-state index in [1.807, 2.05) is 24.3 Å². The topological polar surface area (TPSA) is 29.5 Å². The first-order valence-corrected chi connectivity index (χ1v) is 5.52. The molecule has 1 aliphatic rings. The van der Waals surface area contributed by atoms with E-state index < -0.39 is 5.60 Å². The van der Waals surface area contributed by atoms with E-state index in [1.54, 1.807) is 13.8 Å². The molecule has 0 heterocycles. The van der Waals surface area contributed by atoms with Crippen molar-refractivity contribution in [3.05, 3.63) is 29.8 Å². The fourth-order valence-corrected chi connectivity index (χ4v) is 1.59. The molecule has 2 heteroatoms. The predicted octanol–water partition coefficient (Wildman–Crippen LogP) is 2.70. The fraction of sp³-hybridized carbons (Fsp3) is 0.538. The van der Waals surface area contributed by atoms with Gasteiger partial charge < -0.3 is 9.84 Å². The Hall–Kier alpha value is -1.02. The molecule has 0 bridgehead atoms. The molecule has 0 spiro atoms. The molecule has 1 N–H and O–H groups in total. The van der Waals surface area contributed by atoms with E-state index in [2.05, 4.69) is 0 Å². The van der Waals surface area contributed by atoms with Crippen LogP contribution in [0.25, 0.3) is 0 Å². The normalized spacial score (nSPS) is 16.5. The number of benzene rings is 1. The van der Waals surface area contributed by atoms with E-state index in [1.165, 1.54) is 12.8 Å². The lowest BCUT2D eigenvalue weighted by molar-refractivity contribution is 0.0745. The molecule has 2 nitrogen and oxygen atoms in total. The van der Waals surface area contributed by atoms with Crippen molar-refractivity contribution in [2.75, 3.05) is 6.61 Å². The zero-order chi connectivity index (χ0) is 10.9. The lowest BCUT2D eigenvalue weighted by atomic mass is 9.97. The first kappa shape index (κ1) is 10.5. The molecule has 0 saturated heterocycles. The van der Waals surface area contributed by atoms with Gasteiger partial charge in [0.25, 0.3) is 0 Å². The summed E-state index contributed by atoms with van der Waals surface area (Å²) in [6.07, 6.45) is 2.56. The first-order valence-electron chi connectivity index (χ1n) is 5.52. The molecule has 0 amide bonds. The van der Waals surface area contributed by atoms with Gasteiger partial charge >= 0.3 is 0 Å². The molecule has 1 saturated carbocycles. The highest BCUT2D eigenvalue weighted by atomic mass is 16.5. The van der Waals surface area contributed by atoms with Gasteiger partial charge in [-0.25, -0.2) is 0 Å². The van der Waals surface area contributed by atoms with E-state index >= 15 is 0 Å². The van der Waals surface area contributed by atoms with Crippen LogP contribution in [0.5, 0.6) is 5.75 Å². The Bertz CT molecular complexity index is 335. The minimum absolute atomic E-state index is 0.736. The molecule has 1 aliphatic carbocycles. The fourth-order valence-electron chi connectivity index (χ4n) is 1.59. The van der Waals surface area contributed by atoms with E-state index in [9.17, 15) is 5.11 Å². The molecule has 2 rings (SSSR count). The van der Waals surface area contributed by atoms with Gasteiger partial charge in [-0.05, 0) is 38.7 Å². The monoisotopic (exact) mass is 206 g/mol. The molecule has 0 radical (unpaired) electrons. The van der Waals surface area contributed by atoms with E-state index in [-0.39, 0.29) is 0 Å². The maximum absolute atomic E-state index is 9.97. The average molecular weight is 206 g/mol. The Balaban J connectivity index is 2.13. The lowest BCUT2D eigenvalue weighted by Crippen LogP contribution is -2.17. The van der Waals surface area contributed by atoms with E-state index in [0.717, 1.165) is 23.8 Å². The molecule has 0 atom stereocenters. The van der Waals surface area contributed by atoms with Crippen molar-refractivity contribution in [1.29, 1.82) is 0 Å². The van der Waals surface area contributed by atoms with Crippen LogP contribution in [-0.2, 0) is 5.60 Å². The number of rotatable bonds is 4. The summed E-state index contributed by atoms with van der Waals surface area (Å²) in [6.45, 7) is 4.35. The minimum atomic E-state index is -0.833. The van der Waals surface area contributed by atoms with Gasteiger partial charge in [0, 0.05) is 5.56 Å². The maximum atomic E-state index is 9.97. The van der Waals surface area contributed by atoms with Gasteiger partial charge in [0.1, 0.15) is 5.75 Å². The molecule has 1 aromatic rings. The van der Waals surface area contributed by atoms with Crippen molar-refractivity contribution in [3.63, 3.8) is 0 Å². The summed E-state index contributed by atoms with van der Waals surface area (Å²) in [4.78, 5) is 0. The quantitative estimate of drug-likeness (QED) is 0.820. The second-order valence-electron chi connectivity index (χ2n) is 4.81. The largest absolute Gasteiger partial charge is 0.493 e. The third-order valence-corrected chi connectivity index (χ3v) is 2.72. The summed E-state index contributed by atoms with van der Waals surface area (Å²) in [6, 6.07) is 7.71. The van der Waals surface area contributed by atoms with Crippen LogP contribution in [0.1, 0.15) is 32.3 Å². The van der Waals surface area contributed by atoms with Crippen LogP contribution < -0.4 is 4.74 Å². The summed E-state index contributed by atoms with van der Waals surface area (Å²) in [5.74, 6) is 1.55. The van der Waals surface area contributed by atoms with Crippen molar-refractivity contribution in [1.82, 2.24) is 0 Å². The standard InChI is InChI=1S/C13H18O2/c1-13(2,14)11-5-3-4-6-12(11)15-9-10-7-8-10/h3-6,10,14H,7-9H2,1-2H3. The Morgan fingerprint density at radius 2 is 2.00 bits per heavy atom.